The van der Waals surface area contributed by atoms with Crippen molar-refractivity contribution in [1.29, 1.82) is 0 Å². The smallest absolute Gasteiger partial charge is 0.481 e. The summed E-state index contributed by atoms with van der Waals surface area (Å²) in [6.45, 7) is 9.24. The average molecular weight is 516 g/mol. The van der Waals surface area contributed by atoms with Gasteiger partial charge in [-0.3, -0.25) is 14.5 Å². The van der Waals surface area contributed by atoms with Gasteiger partial charge in [0.25, 0.3) is 0 Å². The third kappa shape index (κ3) is 4.92. The predicted octanol–water partition coefficient (Wildman–Crippen LogP) is 4.56. The van der Waals surface area contributed by atoms with Crippen molar-refractivity contribution in [2.24, 2.45) is 28.6 Å². The van der Waals surface area contributed by atoms with E-state index in [2.05, 4.69) is 20.8 Å². The molecule has 2 fully saturated rings. The molecule has 2 saturated carbocycles. The Hall–Kier alpha value is -3.10. The van der Waals surface area contributed by atoms with E-state index >= 15 is 0 Å². The maximum absolute atomic E-state index is 13.3. The van der Waals surface area contributed by atoms with Crippen LogP contribution in [0.3, 0.4) is 0 Å². The summed E-state index contributed by atoms with van der Waals surface area (Å²) in [7, 11) is 0. The highest BCUT2D eigenvalue weighted by Gasteiger charge is 2.62. The van der Waals surface area contributed by atoms with Crippen molar-refractivity contribution in [1.82, 2.24) is 0 Å². The topological polar surface area (TPSA) is 119 Å². The summed E-state index contributed by atoms with van der Waals surface area (Å²) in [5.41, 5.74) is 1.41. The predicted molar refractivity (Wildman–Crippen MR) is 134 cm³/mol. The first-order valence-electron chi connectivity index (χ1n) is 13.0. The number of carboxylic acids is 1. The van der Waals surface area contributed by atoms with E-state index in [0.717, 1.165) is 24.8 Å². The van der Waals surface area contributed by atoms with Gasteiger partial charge in [0.05, 0.1) is 11.6 Å². The van der Waals surface area contributed by atoms with Crippen molar-refractivity contribution in [3.63, 3.8) is 0 Å². The number of para-hydroxylation sites is 1. The van der Waals surface area contributed by atoms with Gasteiger partial charge >= 0.3 is 18.1 Å². The maximum Gasteiger partial charge on any atom is 0.510 e. The molecule has 0 saturated heterocycles. The number of carboxylic acid groups (broad SMARTS) is 1. The molecule has 1 heterocycles. The molecule has 3 unspecified atom stereocenters. The molecule has 4 rings (SSSR count). The van der Waals surface area contributed by atoms with Crippen LogP contribution in [0.4, 0.5) is 10.5 Å². The normalized spacial score (nSPS) is 28.8. The minimum Gasteiger partial charge on any atom is -0.481 e. The third-order valence-electron chi connectivity index (χ3n) is 9.25. The second kappa shape index (κ2) is 9.99. The van der Waals surface area contributed by atoms with E-state index in [1.54, 1.807) is 26.0 Å². The SMILES string of the molecule is C[C@H](C[C@@H](C)C(=O)N1c2ccccc2C[C@@H]1OC(=O)OCC(=O)OC1CC2CCC1(C)C2(C)C)C(=O)O. The van der Waals surface area contributed by atoms with E-state index in [-0.39, 0.29) is 35.7 Å². The number of fused-ring (bicyclic) bond motifs is 3. The van der Waals surface area contributed by atoms with Crippen LogP contribution in [0.2, 0.25) is 0 Å². The number of aliphatic carboxylic acids is 1. The summed E-state index contributed by atoms with van der Waals surface area (Å²) in [4.78, 5) is 51.0. The van der Waals surface area contributed by atoms with Crippen LogP contribution in [-0.2, 0) is 35.0 Å². The molecule has 6 atom stereocenters. The molecule has 1 aromatic carbocycles. The van der Waals surface area contributed by atoms with Crippen molar-refractivity contribution in [3.05, 3.63) is 29.8 Å². The largest absolute Gasteiger partial charge is 0.510 e. The fraction of sp³-hybridized carbons (Fsp3) is 0.643. The zero-order valence-corrected chi connectivity index (χ0v) is 22.2. The summed E-state index contributed by atoms with van der Waals surface area (Å²) in [5, 5.41) is 9.22. The Kier molecular flexibility index (Phi) is 7.27. The van der Waals surface area contributed by atoms with Crippen LogP contribution >= 0.6 is 0 Å². The van der Waals surface area contributed by atoms with Gasteiger partial charge in [0.2, 0.25) is 5.91 Å². The van der Waals surface area contributed by atoms with Gasteiger partial charge in [0.1, 0.15) is 6.10 Å². The van der Waals surface area contributed by atoms with Gasteiger partial charge in [0, 0.05) is 17.8 Å². The Morgan fingerprint density at radius 3 is 2.41 bits per heavy atom. The third-order valence-corrected chi connectivity index (χ3v) is 9.25. The van der Waals surface area contributed by atoms with Gasteiger partial charge in [-0.2, -0.15) is 0 Å². The lowest BCUT2D eigenvalue weighted by atomic mass is 9.70. The molecule has 1 aromatic rings. The molecular weight excluding hydrogens is 478 g/mol. The van der Waals surface area contributed by atoms with E-state index < -0.39 is 42.8 Å². The van der Waals surface area contributed by atoms with Crippen molar-refractivity contribution in [2.75, 3.05) is 11.5 Å². The Bertz CT molecular complexity index is 1080. The molecule has 0 spiro atoms. The summed E-state index contributed by atoms with van der Waals surface area (Å²) in [6, 6.07) is 7.19. The van der Waals surface area contributed by atoms with Crippen LogP contribution in [0.5, 0.6) is 0 Å². The number of hydrogen-bond donors (Lipinski definition) is 1. The number of esters is 1. The van der Waals surface area contributed by atoms with Gasteiger partial charge in [-0.1, -0.05) is 52.8 Å². The Labute approximate surface area is 217 Å². The van der Waals surface area contributed by atoms with Crippen LogP contribution in [-0.4, -0.2) is 48.0 Å². The van der Waals surface area contributed by atoms with Crippen molar-refractivity contribution < 1.29 is 38.5 Å². The first-order chi connectivity index (χ1) is 17.3. The fourth-order valence-corrected chi connectivity index (χ4v) is 6.44. The van der Waals surface area contributed by atoms with E-state index in [1.807, 2.05) is 12.1 Å². The monoisotopic (exact) mass is 515 g/mol. The standard InChI is InChI=1S/C28H37NO8/c1-16(12-17(2)25(32)33)24(31)29-20-9-7-6-8-18(20)13-22(29)37-26(34)35-15-23(30)36-21-14-19-10-11-28(21,5)27(19,3)4/h6-9,16-17,19,21-22H,10-15H2,1-5H3,(H,32,33)/t16-,17-,19?,21?,22+,28?/m1/s1. The number of carbonyl (C=O) groups is 4. The highest BCUT2D eigenvalue weighted by molar-refractivity contribution is 5.97. The highest BCUT2D eigenvalue weighted by Crippen LogP contribution is 2.66. The number of amides is 1. The molecular formula is C28H37NO8. The van der Waals surface area contributed by atoms with Crippen LogP contribution in [0.25, 0.3) is 0 Å². The first kappa shape index (κ1) is 26.9. The molecule has 0 radical (unpaired) electrons. The van der Waals surface area contributed by atoms with E-state index in [4.69, 9.17) is 14.2 Å². The zero-order chi connectivity index (χ0) is 27.1. The molecule has 2 bridgehead atoms. The lowest BCUT2D eigenvalue weighted by Gasteiger charge is -2.38. The molecule has 202 valence electrons. The molecule has 2 aliphatic carbocycles. The first-order valence-corrected chi connectivity index (χ1v) is 13.0. The minimum absolute atomic E-state index is 0.0879. The van der Waals surface area contributed by atoms with Gasteiger partial charge in [-0.05, 0) is 48.6 Å². The van der Waals surface area contributed by atoms with Crippen molar-refractivity contribution in [2.45, 2.75) is 79.1 Å². The van der Waals surface area contributed by atoms with E-state index in [0.29, 0.717) is 11.6 Å². The average Bonchev–Trinajstić information content (AvgIpc) is 3.37. The molecule has 1 N–H and O–H groups in total. The van der Waals surface area contributed by atoms with Gasteiger partial charge in [0.15, 0.2) is 12.8 Å². The number of rotatable bonds is 8. The Balaban J connectivity index is 1.35. The number of benzene rings is 1. The minimum atomic E-state index is -1.07. The van der Waals surface area contributed by atoms with Crippen LogP contribution in [0.15, 0.2) is 24.3 Å². The molecule has 37 heavy (non-hydrogen) atoms. The van der Waals surface area contributed by atoms with Crippen molar-refractivity contribution in [3.8, 4) is 0 Å². The Morgan fingerprint density at radius 1 is 1.08 bits per heavy atom. The number of anilines is 1. The van der Waals surface area contributed by atoms with Crippen molar-refractivity contribution >= 4 is 29.7 Å². The van der Waals surface area contributed by atoms with Gasteiger partial charge in [-0.15, -0.1) is 0 Å². The molecule has 0 aromatic heterocycles. The lowest BCUT2D eigenvalue weighted by molar-refractivity contribution is -0.161. The van der Waals surface area contributed by atoms with Gasteiger partial charge < -0.3 is 19.3 Å². The lowest BCUT2D eigenvalue weighted by Crippen LogP contribution is -2.44. The molecule has 3 aliphatic rings. The highest BCUT2D eigenvalue weighted by atomic mass is 16.7. The fourth-order valence-electron chi connectivity index (χ4n) is 6.44. The van der Waals surface area contributed by atoms with E-state index in [9.17, 15) is 24.3 Å². The molecule has 1 aliphatic heterocycles. The molecule has 1 amide bonds. The number of nitrogens with zero attached hydrogens (tertiary/aromatic N) is 1. The molecule has 9 heteroatoms. The maximum atomic E-state index is 13.3. The summed E-state index contributed by atoms with van der Waals surface area (Å²) in [6.07, 6.45) is 1.12. The van der Waals surface area contributed by atoms with Crippen LogP contribution < -0.4 is 4.90 Å². The Morgan fingerprint density at radius 2 is 1.78 bits per heavy atom. The summed E-state index contributed by atoms with van der Waals surface area (Å²) >= 11 is 0. The second-order valence-electron chi connectivity index (χ2n) is 11.6. The number of ether oxygens (including phenoxy) is 3. The second-order valence-corrected chi connectivity index (χ2v) is 11.6. The van der Waals surface area contributed by atoms with Gasteiger partial charge in [-0.25, -0.2) is 9.59 Å². The number of hydrogen-bond acceptors (Lipinski definition) is 7. The van der Waals surface area contributed by atoms with E-state index in [1.165, 1.54) is 4.90 Å². The molecule has 9 nitrogen and oxygen atoms in total. The quantitative estimate of drug-likeness (QED) is 0.501. The van der Waals surface area contributed by atoms with Crippen LogP contribution in [0, 0.1) is 28.6 Å². The van der Waals surface area contributed by atoms with Crippen LogP contribution in [0.1, 0.15) is 65.9 Å². The summed E-state index contributed by atoms with van der Waals surface area (Å²) < 4.78 is 16.3. The summed E-state index contributed by atoms with van der Waals surface area (Å²) in [5.74, 6) is -2.74. The number of carbonyl (C=O) groups excluding carboxylic acids is 3. The zero-order valence-electron chi connectivity index (χ0n) is 22.2.